The molecule has 2 aromatic heterocycles. The predicted molar refractivity (Wildman–Crippen MR) is 237 cm³/mol. The smallest absolute Gasteiger partial charge is 0.381 e. The number of aromatic nitrogens is 4. The van der Waals surface area contributed by atoms with E-state index in [1.54, 1.807) is 40.1 Å². The molecular weight excluding hydrogens is 971 g/mol. The van der Waals surface area contributed by atoms with Crippen molar-refractivity contribution in [3.63, 3.8) is 0 Å². The Labute approximate surface area is 400 Å². The van der Waals surface area contributed by atoms with Gasteiger partial charge in [0, 0.05) is 39.4 Å². The van der Waals surface area contributed by atoms with E-state index in [9.17, 15) is 63.3 Å². The van der Waals surface area contributed by atoms with Gasteiger partial charge in [-0.2, -0.15) is 47.1 Å². The summed E-state index contributed by atoms with van der Waals surface area (Å²) < 4.78 is 152. The van der Waals surface area contributed by atoms with Crippen molar-refractivity contribution in [3.05, 3.63) is 71.0 Å². The summed E-state index contributed by atoms with van der Waals surface area (Å²) in [5.74, 6) is -2.83. The lowest BCUT2D eigenvalue weighted by molar-refractivity contribution is -0.140. The van der Waals surface area contributed by atoms with Gasteiger partial charge in [0.05, 0.1) is 90.4 Å². The van der Waals surface area contributed by atoms with Gasteiger partial charge in [-0.05, 0) is 102 Å². The molecule has 0 aliphatic heterocycles. The summed E-state index contributed by atoms with van der Waals surface area (Å²) in [5, 5.41) is 29.5. The van der Waals surface area contributed by atoms with Crippen molar-refractivity contribution in [2.75, 3.05) is 14.2 Å². The molecule has 2 N–H and O–H groups in total. The number of hydrogen-bond acceptors (Lipinski definition) is 12. The van der Waals surface area contributed by atoms with Crippen LogP contribution in [0.1, 0.15) is 73.9 Å². The van der Waals surface area contributed by atoms with E-state index in [1.165, 1.54) is 35.7 Å². The highest BCUT2D eigenvalue weighted by molar-refractivity contribution is 7.92. The van der Waals surface area contributed by atoms with Crippen LogP contribution in [0.5, 0.6) is 0 Å². The number of benzene rings is 2. The van der Waals surface area contributed by atoms with E-state index in [4.69, 9.17) is 9.47 Å². The number of nitrogens with one attached hydrogen (secondary N) is 2. The molecule has 6 atom stereocenters. The van der Waals surface area contributed by atoms with Gasteiger partial charge in [0.2, 0.25) is 11.8 Å². The monoisotopic (exact) mass is 1020 g/mol. The van der Waals surface area contributed by atoms with Crippen LogP contribution < -0.4 is 10.6 Å². The van der Waals surface area contributed by atoms with Gasteiger partial charge in [-0.3, -0.25) is 19.0 Å². The number of sulfone groups is 2. The Morgan fingerprint density at radius 3 is 1.24 bits per heavy atom. The lowest BCUT2D eigenvalue weighted by atomic mass is 10.0. The van der Waals surface area contributed by atoms with Gasteiger partial charge >= 0.3 is 12.4 Å². The number of hydrogen-bond donors (Lipinski definition) is 2. The van der Waals surface area contributed by atoms with Crippen molar-refractivity contribution >= 4 is 31.5 Å². The van der Waals surface area contributed by atoms with Crippen molar-refractivity contribution in [2.45, 2.75) is 121 Å². The van der Waals surface area contributed by atoms with Crippen molar-refractivity contribution in [1.82, 2.24) is 30.2 Å². The number of halogens is 6. The quantitative estimate of drug-likeness (QED) is 0.149. The Balaban J connectivity index is 0.000000206. The van der Waals surface area contributed by atoms with E-state index in [0.29, 0.717) is 48.5 Å². The van der Waals surface area contributed by atoms with Gasteiger partial charge in [0.15, 0.2) is 19.7 Å². The summed E-state index contributed by atoms with van der Waals surface area (Å²) in [6.07, 6.45) is -10.1. The third kappa shape index (κ3) is 10.3. The van der Waals surface area contributed by atoms with Gasteiger partial charge in [-0.15, -0.1) is 0 Å². The van der Waals surface area contributed by atoms with Crippen LogP contribution in [0.15, 0.2) is 58.3 Å². The number of ether oxygens (including phenoxy) is 2. The Morgan fingerprint density at radius 1 is 0.643 bits per heavy atom. The Kier molecular flexibility index (Phi) is 13.9. The van der Waals surface area contributed by atoms with Crippen LogP contribution in [0.4, 0.5) is 26.3 Å². The summed E-state index contributed by atoms with van der Waals surface area (Å²) in [5.41, 5.74) is -2.01. The lowest BCUT2D eigenvalue weighted by Gasteiger charge is -2.19. The average molecular weight is 1020 g/mol. The van der Waals surface area contributed by atoms with E-state index in [1.807, 2.05) is 12.1 Å². The van der Waals surface area contributed by atoms with Crippen LogP contribution >= 0.6 is 0 Å². The third-order valence-corrected chi connectivity index (χ3v) is 18.0. The second kappa shape index (κ2) is 18.7. The number of nitrogens with zero attached hydrogens (tertiary/aromatic N) is 6. The van der Waals surface area contributed by atoms with E-state index < -0.39 is 110 Å². The number of aryl methyl sites for hydroxylation is 4. The molecule has 4 aliphatic rings. The first-order chi connectivity index (χ1) is 32.6. The minimum absolute atomic E-state index is 0.129. The predicted octanol–water partition coefficient (Wildman–Crippen LogP) is 6.31. The molecule has 4 aromatic rings. The molecule has 0 unspecified atom stereocenters. The fourth-order valence-electron chi connectivity index (χ4n) is 9.36. The molecule has 2 amide bonds. The molecule has 2 heterocycles. The molecule has 0 spiro atoms. The molecule has 0 bridgehead atoms. The van der Waals surface area contributed by atoms with E-state index in [0.717, 1.165) is 24.3 Å². The van der Waals surface area contributed by atoms with Gasteiger partial charge in [0.25, 0.3) is 0 Å². The number of nitriles is 2. The Bertz CT molecular complexity index is 2820. The molecule has 2 aromatic carbocycles. The fourth-order valence-corrected chi connectivity index (χ4v) is 13.4. The van der Waals surface area contributed by atoms with Crippen LogP contribution in [-0.2, 0) is 65.2 Å². The zero-order valence-corrected chi connectivity index (χ0v) is 40.4. The number of alkyl halides is 6. The first kappa shape index (κ1) is 52.0. The van der Waals surface area contributed by atoms with Gasteiger partial charge < -0.3 is 20.1 Å². The lowest BCUT2D eigenvalue weighted by Crippen LogP contribution is -2.42. The minimum Gasteiger partial charge on any atom is -0.381 e. The molecule has 4 aliphatic carbocycles. The molecule has 24 heteroatoms. The molecule has 4 saturated carbocycles. The second-order valence-electron chi connectivity index (χ2n) is 18.4. The summed E-state index contributed by atoms with van der Waals surface area (Å²) in [4.78, 5) is 23.9. The SMILES string of the molecule is CO[C@@H]1C[C@H](S(=O)(=O)c2ccc(-c3cc(C)nn3C)cc2C(F)(F)F)C[C@H]1C(=O)NC1(C#N)CC1.CO[C@H]1C[C@@H](S(=O)(=O)c2ccc(-c3cc(C)nn3C)cc2C(F)(F)F)C[C@@H]1C(=O)NC1(C#N)CC1. The van der Waals surface area contributed by atoms with Crippen molar-refractivity contribution < 1.29 is 62.2 Å². The molecule has 0 saturated heterocycles. The molecule has 8 rings (SSSR count). The van der Waals surface area contributed by atoms with Crippen molar-refractivity contribution in [3.8, 4) is 34.7 Å². The maximum atomic E-state index is 14.0. The topological polar surface area (TPSA) is 228 Å². The van der Waals surface area contributed by atoms with Gasteiger partial charge in [-0.25, -0.2) is 16.8 Å². The van der Waals surface area contributed by atoms with Gasteiger partial charge in [-0.1, -0.05) is 12.1 Å². The number of carbonyl (C=O) groups is 2. The van der Waals surface area contributed by atoms with Crippen LogP contribution in [0.2, 0.25) is 0 Å². The summed E-state index contributed by atoms with van der Waals surface area (Å²) in [6.45, 7) is 3.40. The van der Waals surface area contributed by atoms with Crippen LogP contribution in [-0.4, -0.2) is 96.2 Å². The fraction of sp³-hybridized carbons (Fsp3) is 0.522. The van der Waals surface area contributed by atoms with Gasteiger partial charge in [0.1, 0.15) is 11.1 Å². The van der Waals surface area contributed by atoms with Crippen LogP contribution in [0.25, 0.3) is 22.5 Å². The van der Waals surface area contributed by atoms with E-state index in [2.05, 4.69) is 20.8 Å². The number of methoxy groups -OCH3 is 2. The average Bonchev–Trinajstić information content (AvgIpc) is 3.98. The third-order valence-electron chi connectivity index (χ3n) is 13.5. The Morgan fingerprint density at radius 2 is 0.986 bits per heavy atom. The highest BCUT2D eigenvalue weighted by Crippen LogP contribution is 2.45. The number of rotatable bonds is 12. The summed E-state index contributed by atoms with van der Waals surface area (Å²) in [7, 11) is -3.11. The number of carbonyl (C=O) groups excluding carboxylic acids is 2. The normalized spacial score (nSPS) is 23.6. The first-order valence-electron chi connectivity index (χ1n) is 22.1. The maximum absolute atomic E-state index is 14.0. The van der Waals surface area contributed by atoms with Crippen LogP contribution in [0.3, 0.4) is 0 Å². The zero-order valence-electron chi connectivity index (χ0n) is 38.8. The van der Waals surface area contributed by atoms with Crippen LogP contribution in [0, 0.1) is 48.3 Å². The molecule has 16 nitrogen and oxygen atoms in total. The molecular formula is C46H50F6N8O8S2. The largest absolute Gasteiger partial charge is 0.417 e. The van der Waals surface area contributed by atoms with E-state index >= 15 is 0 Å². The maximum Gasteiger partial charge on any atom is 0.417 e. The zero-order chi connectivity index (χ0) is 51.5. The molecule has 4 fully saturated rings. The first-order valence-corrected chi connectivity index (χ1v) is 25.2. The molecule has 70 heavy (non-hydrogen) atoms. The van der Waals surface area contributed by atoms with Crippen molar-refractivity contribution in [2.24, 2.45) is 25.9 Å². The number of amides is 2. The standard InChI is InChI=1S/2C23H25F3N4O4S/c2*1-13-8-18(30(2)29-13)14-4-5-20(17(9-14)23(24,25)26)35(32,33)15-10-16(19(11-15)34-3)21(31)28-22(12-27)6-7-22/h2*4-5,8-9,15-16,19H,6-7,10-11H2,1-3H3,(H,28,31)/t2*15-,16-,19-/m10/s1. The summed E-state index contributed by atoms with van der Waals surface area (Å²) in [6, 6.07) is 13.5. The second-order valence-corrected chi connectivity index (χ2v) is 22.8. The highest BCUT2D eigenvalue weighted by atomic mass is 32.2. The Hall–Kier alpha value is -5.82. The highest BCUT2D eigenvalue weighted by Gasteiger charge is 2.53. The minimum atomic E-state index is -4.92. The van der Waals surface area contributed by atoms with Crippen molar-refractivity contribution in [1.29, 1.82) is 10.5 Å². The molecule has 0 radical (unpaired) electrons. The summed E-state index contributed by atoms with van der Waals surface area (Å²) >= 11 is 0. The molecule has 376 valence electrons. The van der Waals surface area contributed by atoms with E-state index in [-0.39, 0.29) is 36.8 Å².